The Kier molecular flexibility index (Phi) is 9.53. The summed E-state index contributed by atoms with van der Waals surface area (Å²) in [6.07, 6.45) is 4.99. The highest BCUT2D eigenvalue weighted by Crippen LogP contribution is 2.25. The molecule has 0 spiro atoms. The minimum Gasteiger partial charge on any atom is -0.489 e. The summed E-state index contributed by atoms with van der Waals surface area (Å²) < 4.78 is 17.6. The van der Waals surface area contributed by atoms with Crippen molar-refractivity contribution >= 4 is 22.3 Å². The largest absolute Gasteiger partial charge is 0.489 e. The van der Waals surface area contributed by atoms with Gasteiger partial charge in [-0.3, -0.25) is 13.9 Å². The molecule has 3 aromatic carbocycles. The van der Waals surface area contributed by atoms with Crippen molar-refractivity contribution in [3.63, 3.8) is 0 Å². The van der Waals surface area contributed by atoms with Crippen LogP contribution in [-0.2, 0) is 28.7 Å². The Morgan fingerprint density at radius 2 is 1.71 bits per heavy atom. The van der Waals surface area contributed by atoms with Crippen LogP contribution in [0.2, 0.25) is 0 Å². The van der Waals surface area contributed by atoms with Crippen LogP contribution in [0.1, 0.15) is 47.9 Å². The fraction of sp³-hybridized carbons (Fsp3) is 0.281. The van der Waals surface area contributed by atoms with E-state index in [9.17, 15) is 9.00 Å². The highest BCUT2D eigenvalue weighted by molar-refractivity contribution is 7.84. The van der Waals surface area contributed by atoms with Gasteiger partial charge in [-0.05, 0) is 65.4 Å². The molecule has 6 heteroatoms. The summed E-state index contributed by atoms with van der Waals surface area (Å²) in [7, 11) is -0.945. The van der Waals surface area contributed by atoms with E-state index in [1.165, 1.54) is 16.7 Å². The monoisotopic (exact) mass is 527 g/mol. The lowest BCUT2D eigenvalue weighted by molar-refractivity contribution is -0.137. The molecule has 0 aromatic heterocycles. The zero-order chi connectivity index (χ0) is 26.9. The van der Waals surface area contributed by atoms with Gasteiger partial charge in [-0.25, -0.2) is 0 Å². The first-order chi connectivity index (χ1) is 18.4. The number of ether oxygens (including phenoxy) is 1. The van der Waals surface area contributed by atoms with Gasteiger partial charge in [-0.2, -0.15) is 0 Å². The van der Waals surface area contributed by atoms with Gasteiger partial charge < -0.3 is 9.84 Å². The van der Waals surface area contributed by atoms with Gasteiger partial charge in [0.15, 0.2) is 0 Å². The molecule has 0 saturated carbocycles. The van der Waals surface area contributed by atoms with Crippen molar-refractivity contribution in [2.75, 3.05) is 19.3 Å². The predicted molar refractivity (Wildman–Crippen MR) is 152 cm³/mol. The van der Waals surface area contributed by atoms with Crippen LogP contribution in [-0.4, -0.2) is 39.5 Å². The SMILES string of the molecule is CC#C[C@@H](CC(=O)O)c1ccc(OCc2ccc(CN3CC=C(c4ccc(S(C)=O)cc4)CC3)cc2)cc1. The first-order valence-electron chi connectivity index (χ1n) is 12.7. The molecule has 0 aliphatic carbocycles. The van der Waals surface area contributed by atoms with E-state index >= 15 is 0 Å². The molecule has 196 valence electrons. The van der Waals surface area contributed by atoms with E-state index in [0.29, 0.717) is 6.61 Å². The van der Waals surface area contributed by atoms with Gasteiger partial charge in [0.25, 0.3) is 0 Å². The average molecular weight is 528 g/mol. The molecule has 4 rings (SSSR count). The number of hydrogen-bond acceptors (Lipinski definition) is 4. The first-order valence-corrected chi connectivity index (χ1v) is 14.3. The van der Waals surface area contributed by atoms with E-state index < -0.39 is 16.8 Å². The van der Waals surface area contributed by atoms with Gasteiger partial charge in [0.2, 0.25) is 0 Å². The van der Waals surface area contributed by atoms with Crippen LogP contribution in [0.15, 0.2) is 83.8 Å². The number of carbonyl (C=O) groups is 1. The summed E-state index contributed by atoms with van der Waals surface area (Å²) in [5.41, 5.74) is 5.81. The van der Waals surface area contributed by atoms with Gasteiger partial charge in [-0.15, -0.1) is 5.92 Å². The molecule has 5 nitrogen and oxygen atoms in total. The third-order valence-corrected chi connectivity index (χ3v) is 7.60. The van der Waals surface area contributed by atoms with Gasteiger partial charge in [0.05, 0.1) is 12.3 Å². The Bertz CT molecular complexity index is 1350. The zero-order valence-corrected chi connectivity index (χ0v) is 22.7. The van der Waals surface area contributed by atoms with Gasteiger partial charge >= 0.3 is 5.97 Å². The maximum absolute atomic E-state index is 11.6. The standard InChI is InChI=1S/C32H33NO4S/c1-3-4-29(21-32(34)35)27-9-13-30(14-10-27)37-23-25-7-5-24(6-8-25)22-33-19-17-28(18-20-33)26-11-15-31(16-12-26)38(2)36/h5-17,29H,18-23H2,1-2H3,(H,34,35)/t29-,38?/m0/s1. The molecule has 1 aliphatic rings. The molecule has 0 bridgehead atoms. The molecule has 0 amide bonds. The summed E-state index contributed by atoms with van der Waals surface area (Å²) in [5, 5.41) is 9.12. The number of rotatable bonds is 10. The van der Waals surface area contributed by atoms with Crippen molar-refractivity contribution in [1.29, 1.82) is 0 Å². The van der Waals surface area contributed by atoms with Crippen LogP contribution in [0, 0.1) is 11.8 Å². The third-order valence-electron chi connectivity index (χ3n) is 6.66. The van der Waals surface area contributed by atoms with Crippen LogP contribution < -0.4 is 4.74 Å². The van der Waals surface area contributed by atoms with Gasteiger partial charge in [0.1, 0.15) is 12.4 Å². The molecule has 1 unspecified atom stereocenters. The number of benzene rings is 3. The van der Waals surface area contributed by atoms with Crippen LogP contribution in [0.25, 0.3) is 5.57 Å². The summed E-state index contributed by atoms with van der Waals surface area (Å²) in [5.74, 6) is 5.35. The lowest BCUT2D eigenvalue weighted by atomic mass is 9.96. The van der Waals surface area contributed by atoms with Crippen molar-refractivity contribution < 1.29 is 18.8 Å². The minimum absolute atomic E-state index is 0.0147. The van der Waals surface area contributed by atoms with Crippen LogP contribution in [0.3, 0.4) is 0 Å². The van der Waals surface area contributed by atoms with Crippen molar-refractivity contribution in [2.45, 2.75) is 43.7 Å². The maximum atomic E-state index is 11.6. The topological polar surface area (TPSA) is 66.8 Å². The van der Waals surface area contributed by atoms with Crippen LogP contribution in [0.4, 0.5) is 0 Å². The highest BCUT2D eigenvalue weighted by atomic mass is 32.2. The third kappa shape index (κ3) is 7.67. The van der Waals surface area contributed by atoms with E-state index in [-0.39, 0.29) is 12.3 Å². The Hall–Kier alpha value is -3.66. The molecular weight excluding hydrogens is 494 g/mol. The molecule has 1 heterocycles. The van der Waals surface area contributed by atoms with E-state index in [4.69, 9.17) is 9.84 Å². The Balaban J connectivity index is 1.26. The molecule has 1 N–H and O–H groups in total. The molecule has 3 aromatic rings. The molecular formula is C32H33NO4S. The Morgan fingerprint density at radius 1 is 1.03 bits per heavy atom. The van der Waals surface area contributed by atoms with Crippen molar-refractivity contribution in [3.8, 4) is 17.6 Å². The lowest BCUT2D eigenvalue weighted by Crippen LogP contribution is -2.28. The fourth-order valence-electron chi connectivity index (χ4n) is 4.54. The van der Waals surface area contributed by atoms with Crippen molar-refractivity contribution in [2.24, 2.45) is 0 Å². The second-order valence-electron chi connectivity index (χ2n) is 9.41. The number of aliphatic carboxylic acids is 1. The van der Waals surface area contributed by atoms with Crippen molar-refractivity contribution in [1.82, 2.24) is 4.90 Å². The quantitative estimate of drug-likeness (QED) is 0.334. The van der Waals surface area contributed by atoms with E-state index in [1.54, 1.807) is 13.2 Å². The molecule has 2 atom stereocenters. The van der Waals surface area contributed by atoms with Gasteiger partial charge in [0, 0.05) is 41.6 Å². The fourth-order valence-corrected chi connectivity index (χ4v) is 5.06. The molecule has 0 saturated heterocycles. The van der Waals surface area contributed by atoms with Gasteiger partial charge in [-0.1, -0.05) is 60.5 Å². The molecule has 0 radical (unpaired) electrons. The second kappa shape index (κ2) is 13.2. The molecule has 1 aliphatic heterocycles. The Labute approximate surface area is 227 Å². The summed E-state index contributed by atoms with van der Waals surface area (Å²) in [4.78, 5) is 14.4. The van der Waals surface area contributed by atoms with Crippen LogP contribution >= 0.6 is 0 Å². The summed E-state index contributed by atoms with van der Waals surface area (Å²) in [6.45, 7) is 5.00. The normalized spacial score (nSPS) is 15.1. The maximum Gasteiger partial charge on any atom is 0.304 e. The number of hydrogen-bond donors (Lipinski definition) is 1. The lowest BCUT2D eigenvalue weighted by Gasteiger charge is -2.26. The zero-order valence-electron chi connectivity index (χ0n) is 21.9. The highest BCUT2D eigenvalue weighted by Gasteiger charge is 2.15. The summed E-state index contributed by atoms with van der Waals surface area (Å²) >= 11 is 0. The number of carboxylic acids is 1. The second-order valence-corrected chi connectivity index (χ2v) is 10.8. The average Bonchev–Trinajstić information content (AvgIpc) is 2.93. The predicted octanol–water partition coefficient (Wildman–Crippen LogP) is 5.87. The molecule has 0 fully saturated rings. The van der Waals surface area contributed by atoms with Crippen molar-refractivity contribution in [3.05, 3.63) is 101 Å². The smallest absolute Gasteiger partial charge is 0.304 e. The Morgan fingerprint density at radius 3 is 2.29 bits per heavy atom. The van der Waals surface area contributed by atoms with Crippen LogP contribution in [0.5, 0.6) is 5.75 Å². The molecule has 38 heavy (non-hydrogen) atoms. The summed E-state index contributed by atoms with van der Waals surface area (Å²) in [6, 6.07) is 24.1. The number of nitrogens with zero attached hydrogens (tertiary/aromatic N) is 1. The first kappa shape index (κ1) is 27.4. The number of carboxylic acid groups (broad SMARTS) is 1. The van der Waals surface area contributed by atoms with E-state index in [0.717, 1.165) is 47.8 Å². The van der Waals surface area contributed by atoms with E-state index in [1.807, 2.05) is 36.4 Å². The minimum atomic E-state index is -0.945. The van der Waals surface area contributed by atoms with E-state index in [2.05, 4.69) is 59.2 Å².